The summed E-state index contributed by atoms with van der Waals surface area (Å²) in [6.45, 7) is 1.97. The second-order valence-corrected chi connectivity index (χ2v) is 3.79. The van der Waals surface area contributed by atoms with Crippen LogP contribution in [0.25, 0.3) is 11.4 Å². The Morgan fingerprint density at radius 3 is 2.76 bits per heavy atom. The number of ether oxygens (including phenoxy) is 1. The van der Waals surface area contributed by atoms with Gasteiger partial charge in [0.05, 0.1) is 18.7 Å². The maximum Gasteiger partial charge on any atom is 0.138 e. The average molecular weight is 273 g/mol. The minimum Gasteiger partial charge on any atom is -0.497 e. The monoisotopic (exact) mass is 272 g/mol. The van der Waals surface area contributed by atoms with Gasteiger partial charge in [-0.1, -0.05) is 12.1 Å². The quantitative estimate of drug-likeness (QED) is 0.868. The van der Waals surface area contributed by atoms with Gasteiger partial charge in [0.25, 0.3) is 0 Å². The van der Waals surface area contributed by atoms with Crippen molar-refractivity contribution in [3.8, 4) is 17.1 Å². The van der Waals surface area contributed by atoms with E-state index in [-0.39, 0.29) is 12.4 Å². The van der Waals surface area contributed by atoms with Gasteiger partial charge in [0.2, 0.25) is 0 Å². The molecule has 5 heteroatoms. The Labute approximate surface area is 112 Å². The maximum absolute atomic E-state index is 5.78. The third kappa shape index (κ3) is 2.93. The Kier molecular flexibility index (Phi) is 4.85. The van der Waals surface area contributed by atoms with E-state index < -0.39 is 0 Å². The molecular weight excluding hydrogens is 259 g/mol. The number of methoxy groups -OCH3 is 1. The number of rotatable bonds is 3. The van der Waals surface area contributed by atoms with E-state index in [2.05, 4.69) is 9.97 Å². The van der Waals surface area contributed by atoms with E-state index in [1.165, 1.54) is 0 Å². The number of H-pyrrole nitrogens is 1. The smallest absolute Gasteiger partial charge is 0.138 e. The van der Waals surface area contributed by atoms with Gasteiger partial charge >= 0.3 is 0 Å². The molecule has 0 atom stereocenters. The molecule has 0 unspecified atom stereocenters. The van der Waals surface area contributed by atoms with Crippen LogP contribution in [-0.4, -0.2) is 17.1 Å². The van der Waals surface area contributed by atoms with Crippen molar-refractivity contribution >= 4 is 24.0 Å². The molecule has 92 valence electrons. The van der Waals surface area contributed by atoms with Crippen molar-refractivity contribution in [3.05, 3.63) is 35.7 Å². The van der Waals surface area contributed by atoms with Gasteiger partial charge in [-0.2, -0.15) is 0 Å². The third-order valence-corrected chi connectivity index (χ3v) is 2.71. The zero-order valence-electron chi connectivity index (χ0n) is 9.66. The third-order valence-electron chi connectivity index (χ3n) is 2.46. The van der Waals surface area contributed by atoms with E-state index in [1.54, 1.807) is 7.11 Å². The van der Waals surface area contributed by atoms with Crippen LogP contribution >= 0.6 is 24.0 Å². The average Bonchev–Trinajstić information content (AvgIpc) is 2.71. The summed E-state index contributed by atoms with van der Waals surface area (Å²) in [7, 11) is 1.65. The summed E-state index contributed by atoms with van der Waals surface area (Å²) in [4.78, 5) is 7.64. The fraction of sp³-hybridized carbons (Fsp3) is 0.250. The van der Waals surface area contributed by atoms with Crippen molar-refractivity contribution in [2.75, 3.05) is 7.11 Å². The summed E-state index contributed by atoms with van der Waals surface area (Å²) >= 11 is 5.78. The summed E-state index contributed by atoms with van der Waals surface area (Å²) in [6, 6.07) is 7.77. The van der Waals surface area contributed by atoms with Gasteiger partial charge < -0.3 is 9.72 Å². The highest BCUT2D eigenvalue weighted by molar-refractivity contribution is 6.17. The molecule has 0 bridgehead atoms. The number of benzene rings is 1. The van der Waals surface area contributed by atoms with Crippen molar-refractivity contribution in [2.24, 2.45) is 0 Å². The predicted molar refractivity (Wildman–Crippen MR) is 72.1 cm³/mol. The molecule has 3 nitrogen and oxygen atoms in total. The SMILES string of the molecule is COc1cccc(-c2nc(CCl)c(C)[nH]2)c1.Cl. The minimum atomic E-state index is 0. The number of hydrogen-bond donors (Lipinski definition) is 1. The summed E-state index contributed by atoms with van der Waals surface area (Å²) in [6.07, 6.45) is 0. The minimum absolute atomic E-state index is 0. The van der Waals surface area contributed by atoms with Gasteiger partial charge in [-0.15, -0.1) is 24.0 Å². The molecule has 0 aliphatic carbocycles. The molecule has 0 saturated heterocycles. The molecule has 0 aliphatic rings. The Morgan fingerprint density at radius 1 is 1.41 bits per heavy atom. The topological polar surface area (TPSA) is 37.9 Å². The van der Waals surface area contributed by atoms with E-state index in [9.17, 15) is 0 Å². The number of nitrogens with one attached hydrogen (secondary N) is 1. The van der Waals surface area contributed by atoms with Gasteiger partial charge in [0.15, 0.2) is 0 Å². The van der Waals surface area contributed by atoms with Crippen LogP contribution in [0, 0.1) is 6.92 Å². The molecule has 0 aliphatic heterocycles. The predicted octanol–water partition coefficient (Wildman–Crippen LogP) is 3.55. The lowest BCUT2D eigenvalue weighted by Crippen LogP contribution is -1.85. The summed E-state index contributed by atoms with van der Waals surface area (Å²) in [5, 5.41) is 0. The highest BCUT2D eigenvalue weighted by Crippen LogP contribution is 2.22. The molecule has 1 aromatic carbocycles. The molecule has 0 spiro atoms. The van der Waals surface area contributed by atoms with Crippen LogP contribution < -0.4 is 4.74 Å². The first-order valence-electron chi connectivity index (χ1n) is 5.00. The number of aromatic nitrogens is 2. The first-order chi connectivity index (χ1) is 7.74. The van der Waals surface area contributed by atoms with E-state index in [0.717, 1.165) is 28.5 Å². The zero-order valence-corrected chi connectivity index (χ0v) is 11.2. The molecule has 0 radical (unpaired) electrons. The summed E-state index contributed by atoms with van der Waals surface area (Å²) in [5.74, 6) is 2.07. The van der Waals surface area contributed by atoms with Gasteiger partial charge in [0, 0.05) is 11.3 Å². The van der Waals surface area contributed by atoms with Crippen LogP contribution in [0.4, 0.5) is 0 Å². The summed E-state index contributed by atoms with van der Waals surface area (Å²) < 4.78 is 5.17. The van der Waals surface area contributed by atoms with E-state index in [4.69, 9.17) is 16.3 Å². The molecule has 2 aromatic rings. The second-order valence-electron chi connectivity index (χ2n) is 3.52. The molecule has 0 fully saturated rings. The first-order valence-corrected chi connectivity index (χ1v) is 5.54. The molecule has 1 N–H and O–H groups in total. The van der Waals surface area contributed by atoms with Crippen molar-refractivity contribution < 1.29 is 4.74 Å². The van der Waals surface area contributed by atoms with Crippen LogP contribution in [0.3, 0.4) is 0 Å². The fourth-order valence-corrected chi connectivity index (χ4v) is 1.79. The number of nitrogens with zero attached hydrogens (tertiary/aromatic N) is 1. The zero-order chi connectivity index (χ0) is 11.5. The Bertz CT molecular complexity index is 497. The van der Waals surface area contributed by atoms with E-state index in [1.807, 2.05) is 31.2 Å². The number of hydrogen-bond acceptors (Lipinski definition) is 2. The number of aryl methyl sites for hydroxylation is 1. The number of imidazole rings is 1. The molecule has 1 heterocycles. The van der Waals surface area contributed by atoms with Gasteiger partial charge in [-0.3, -0.25) is 0 Å². The van der Waals surface area contributed by atoms with Gasteiger partial charge in [0.1, 0.15) is 11.6 Å². The summed E-state index contributed by atoms with van der Waals surface area (Å²) in [5.41, 5.74) is 2.89. The largest absolute Gasteiger partial charge is 0.497 e. The van der Waals surface area contributed by atoms with E-state index >= 15 is 0 Å². The molecular formula is C12H14Cl2N2O. The first kappa shape index (κ1) is 13.9. The molecule has 2 rings (SSSR count). The molecule has 1 aromatic heterocycles. The highest BCUT2D eigenvalue weighted by Gasteiger charge is 2.07. The van der Waals surface area contributed by atoms with Crippen molar-refractivity contribution in [2.45, 2.75) is 12.8 Å². The number of halogens is 2. The Morgan fingerprint density at radius 2 is 2.18 bits per heavy atom. The van der Waals surface area contributed by atoms with Gasteiger partial charge in [-0.05, 0) is 19.1 Å². The standard InChI is InChI=1S/C12H13ClN2O.ClH/c1-8-11(7-13)15-12(14-8)9-4-3-5-10(6-9)16-2;/h3-6H,7H2,1-2H3,(H,14,15);1H. The fourth-order valence-electron chi connectivity index (χ4n) is 1.53. The van der Waals surface area contributed by atoms with Crippen molar-refractivity contribution in [1.29, 1.82) is 0 Å². The van der Waals surface area contributed by atoms with Crippen LogP contribution in [0.1, 0.15) is 11.4 Å². The van der Waals surface area contributed by atoms with Crippen LogP contribution in [0.5, 0.6) is 5.75 Å². The highest BCUT2D eigenvalue weighted by atomic mass is 35.5. The van der Waals surface area contributed by atoms with Crippen LogP contribution in [0.15, 0.2) is 24.3 Å². The molecule has 17 heavy (non-hydrogen) atoms. The van der Waals surface area contributed by atoms with Gasteiger partial charge in [-0.25, -0.2) is 4.98 Å². The Hall–Kier alpha value is -1.19. The number of alkyl halides is 1. The molecule has 0 saturated carbocycles. The second kappa shape index (κ2) is 5.94. The van der Waals surface area contributed by atoms with E-state index in [0.29, 0.717) is 5.88 Å². The van der Waals surface area contributed by atoms with Crippen LogP contribution in [-0.2, 0) is 5.88 Å². The lowest BCUT2D eigenvalue weighted by atomic mass is 10.2. The lowest BCUT2D eigenvalue weighted by molar-refractivity contribution is 0.415. The number of aromatic amines is 1. The lowest BCUT2D eigenvalue weighted by Gasteiger charge is -2.01. The Balaban J connectivity index is 0.00000144. The van der Waals surface area contributed by atoms with Crippen LogP contribution in [0.2, 0.25) is 0 Å². The van der Waals surface area contributed by atoms with Crippen molar-refractivity contribution in [3.63, 3.8) is 0 Å². The normalized spacial score (nSPS) is 9.82. The maximum atomic E-state index is 5.78. The molecule has 0 amide bonds. The van der Waals surface area contributed by atoms with Crippen molar-refractivity contribution in [1.82, 2.24) is 9.97 Å².